The van der Waals surface area contributed by atoms with Crippen LogP contribution in [0.4, 0.5) is 0 Å². The predicted molar refractivity (Wildman–Crippen MR) is 55.3 cm³/mol. The van der Waals surface area contributed by atoms with E-state index >= 15 is 0 Å². The molecule has 1 aliphatic rings. The van der Waals surface area contributed by atoms with E-state index in [1.165, 1.54) is 0 Å². The van der Waals surface area contributed by atoms with Gasteiger partial charge in [-0.2, -0.15) is 0 Å². The molecule has 2 atom stereocenters. The summed E-state index contributed by atoms with van der Waals surface area (Å²) in [4.78, 5) is 13.2. The number of likely N-dealkylation sites (tertiary alicyclic amines) is 1. The third kappa shape index (κ3) is 2.69. The van der Waals surface area contributed by atoms with Crippen molar-refractivity contribution >= 4 is 5.97 Å². The van der Waals surface area contributed by atoms with E-state index in [9.17, 15) is 4.79 Å². The number of carbonyl (C=O) groups is 1. The minimum absolute atomic E-state index is 0.268. The zero-order valence-corrected chi connectivity index (χ0v) is 8.99. The molecule has 0 radical (unpaired) electrons. The summed E-state index contributed by atoms with van der Waals surface area (Å²) in [5.74, 6) is -0.458. The minimum Gasteiger partial charge on any atom is -0.480 e. The number of nitrogens with zero attached hydrogens (tertiary/aromatic N) is 1. The standard InChI is InChI=1S/C10H20N2O2/c1-3-5-12-6-4-8(7-12)9(11-2)10(13)14/h8-9,11H,3-7H2,1-2H3,(H,13,14). The zero-order chi connectivity index (χ0) is 10.6. The Balaban J connectivity index is 2.43. The second kappa shape index (κ2) is 5.32. The van der Waals surface area contributed by atoms with Crippen LogP contribution in [-0.2, 0) is 4.79 Å². The molecule has 0 spiro atoms. The summed E-state index contributed by atoms with van der Waals surface area (Å²) in [6, 6.07) is -0.378. The van der Waals surface area contributed by atoms with E-state index < -0.39 is 5.97 Å². The van der Waals surface area contributed by atoms with Crippen LogP contribution in [-0.4, -0.2) is 48.7 Å². The average molecular weight is 200 g/mol. The molecule has 0 bridgehead atoms. The monoisotopic (exact) mass is 200 g/mol. The highest BCUT2D eigenvalue weighted by Crippen LogP contribution is 2.19. The number of rotatable bonds is 5. The van der Waals surface area contributed by atoms with Crippen molar-refractivity contribution in [2.45, 2.75) is 25.8 Å². The molecule has 4 heteroatoms. The smallest absolute Gasteiger partial charge is 0.321 e. The van der Waals surface area contributed by atoms with Crippen LogP contribution < -0.4 is 5.32 Å². The van der Waals surface area contributed by atoms with Crippen molar-refractivity contribution in [3.8, 4) is 0 Å². The van der Waals surface area contributed by atoms with Gasteiger partial charge in [0.1, 0.15) is 6.04 Å². The van der Waals surface area contributed by atoms with Gasteiger partial charge in [0.2, 0.25) is 0 Å². The van der Waals surface area contributed by atoms with E-state index in [1.54, 1.807) is 7.05 Å². The summed E-state index contributed by atoms with van der Waals surface area (Å²) in [6.45, 7) is 5.21. The molecule has 0 aromatic rings. The molecule has 1 rings (SSSR count). The normalized spacial score (nSPS) is 25.1. The van der Waals surface area contributed by atoms with Crippen LogP contribution in [0, 0.1) is 5.92 Å². The zero-order valence-electron chi connectivity index (χ0n) is 8.99. The number of nitrogens with one attached hydrogen (secondary N) is 1. The van der Waals surface area contributed by atoms with E-state index in [-0.39, 0.29) is 12.0 Å². The fourth-order valence-corrected chi connectivity index (χ4v) is 2.21. The number of carboxylic acid groups (broad SMARTS) is 1. The molecule has 1 heterocycles. The van der Waals surface area contributed by atoms with Gasteiger partial charge in [-0.05, 0) is 38.9 Å². The summed E-state index contributed by atoms with van der Waals surface area (Å²) in [5, 5.41) is 11.8. The molecule has 82 valence electrons. The maximum atomic E-state index is 10.9. The fraction of sp³-hybridized carbons (Fsp3) is 0.900. The summed E-state index contributed by atoms with van der Waals surface area (Å²) in [6.07, 6.45) is 2.14. The molecule has 0 saturated carbocycles. The molecule has 0 aliphatic carbocycles. The summed E-state index contributed by atoms with van der Waals surface area (Å²) in [5.41, 5.74) is 0. The molecule has 2 N–H and O–H groups in total. The van der Waals surface area contributed by atoms with Gasteiger partial charge in [0.25, 0.3) is 0 Å². The lowest BCUT2D eigenvalue weighted by atomic mass is 9.99. The predicted octanol–water partition coefficient (Wildman–Crippen LogP) is 0.391. The Kier molecular flexibility index (Phi) is 4.35. The van der Waals surface area contributed by atoms with E-state index in [0.717, 1.165) is 32.5 Å². The summed E-state index contributed by atoms with van der Waals surface area (Å²) < 4.78 is 0. The lowest BCUT2D eigenvalue weighted by Crippen LogP contribution is -2.42. The van der Waals surface area contributed by atoms with Crippen molar-refractivity contribution in [3.05, 3.63) is 0 Å². The van der Waals surface area contributed by atoms with Crippen LogP contribution >= 0.6 is 0 Å². The molecule has 1 saturated heterocycles. The first-order chi connectivity index (χ1) is 6.69. The largest absolute Gasteiger partial charge is 0.480 e. The quantitative estimate of drug-likeness (QED) is 0.674. The first kappa shape index (κ1) is 11.5. The first-order valence-electron chi connectivity index (χ1n) is 5.31. The third-order valence-electron chi connectivity index (χ3n) is 2.90. The highest BCUT2D eigenvalue weighted by molar-refractivity contribution is 5.73. The molecule has 0 amide bonds. The Hall–Kier alpha value is -0.610. The molecular formula is C10H20N2O2. The number of aliphatic carboxylic acids is 1. The molecular weight excluding hydrogens is 180 g/mol. The number of hydrogen-bond acceptors (Lipinski definition) is 3. The summed E-state index contributed by atoms with van der Waals surface area (Å²) >= 11 is 0. The molecule has 0 aromatic carbocycles. The average Bonchev–Trinajstić information content (AvgIpc) is 2.54. The summed E-state index contributed by atoms with van der Waals surface area (Å²) in [7, 11) is 1.72. The van der Waals surface area contributed by atoms with Crippen LogP contribution in [0.1, 0.15) is 19.8 Å². The van der Waals surface area contributed by atoms with Crippen LogP contribution in [0.2, 0.25) is 0 Å². The van der Waals surface area contributed by atoms with Crippen LogP contribution in [0.25, 0.3) is 0 Å². The Morgan fingerprint density at radius 2 is 2.43 bits per heavy atom. The van der Waals surface area contributed by atoms with Crippen LogP contribution in [0.3, 0.4) is 0 Å². The molecule has 1 fully saturated rings. The van der Waals surface area contributed by atoms with E-state index in [4.69, 9.17) is 5.11 Å². The number of hydrogen-bond donors (Lipinski definition) is 2. The van der Waals surface area contributed by atoms with Gasteiger partial charge in [0.05, 0.1) is 0 Å². The minimum atomic E-state index is -0.726. The lowest BCUT2D eigenvalue weighted by molar-refractivity contribution is -0.140. The lowest BCUT2D eigenvalue weighted by Gasteiger charge is -2.19. The van der Waals surface area contributed by atoms with Crippen LogP contribution in [0.15, 0.2) is 0 Å². The van der Waals surface area contributed by atoms with Gasteiger partial charge in [-0.15, -0.1) is 0 Å². The molecule has 0 aromatic heterocycles. The topological polar surface area (TPSA) is 52.6 Å². The van der Waals surface area contributed by atoms with Gasteiger partial charge in [0, 0.05) is 6.54 Å². The molecule has 1 aliphatic heterocycles. The first-order valence-corrected chi connectivity index (χ1v) is 5.31. The Labute approximate surface area is 85.3 Å². The van der Waals surface area contributed by atoms with Crippen LogP contribution in [0.5, 0.6) is 0 Å². The Bertz CT molecular complexity index is 197. The van der Waals surface area contributed by atoms with Gasteiger partial charge in [-0.1, -0.05) is 6.92 Å². The SMILES string of the molecule is CCCN1CCC(C(NC)C(=O)O)C1. The van der Waals surface area contributed by atoms with Crippen molar-refractivity contribution in [3.63, 3.8) is 0 Å². The van der Waals surface area contributed by atoms with Gasteiger partial charge in [0.15, 0.2) is 0 Å². The highest BCUT2D eigenvalue weighted by atomic mass is 16.4. The molecule has 14 heavy (non-hydrogen) atoms. The van der Waals surface area contributed by atoms with Crippen molar-refractivity contribution < 1.29 is 9.90 Å². The van der Waals surface area contributed by atoms with E-state index in [1.807, 2.05) is 0 Å². The van der Waals surface area contributed by atoms with Gasteiger partial charge in [-0.25, -0.2) is 0 Å². The van der Waals surface area contributed by atoms with E-state index in [0.29, 0.717) is 0 Å². The second-order valence-corrected chi connectivity index (χ2v) is 3.95. The second-order valence-electron chi connectivity index (χ2n) is 3.95. The van der Waals surface area contributed by atoms with E-state index in [2.05, 4.69) is 17.1 Å². The van der Waals surface area contributed by atoms with Gasteiger partial charge < -0.3 is 15.3 Å². The highest BCUT2D eigenvalue weighted by Gasteiger charge is 2.32. The molecule has 2 unspecified atom stereocenters. The van der Waals surface area contributed by atoms with Gasteiger partial charge in [-0.3, -0.25) is 4.79 Å². The third-order valence-corrected chi connectivity index (χ3v) is 2.90. The Morgan fingerprint density at radius 3 is 2.93 bits per heavy atom. The maximum Gasteiger partial charge on any atom is 0.321 e. The Morgan fingerprint density at radius 1 is 1.71 bits per heavy atom. The van der Waals surface area contributed by atoms with Crippen molar-refractivity contribution in [1.82, 2.24) is 10.2 Å². The van der Waals surface area contributed by atoms with Crippen molar-refractivity contribution in [2.75, 3.05) is 26.7 Å². The maximum absolute atomic E-state index is 10.9. The van der Waals surface area contributed by atoms with Crippen molar-refractivity contribution in [2.24, 2.45) is 5.92 Å². The van der Waals surface area contributed by atoms with Gasteiger partial charge >= 0.3 is 5.97 Å². The number of carboxylic acids is 1. The molecule has 4 nitrogen and oxygen atoms in total. The number of likely N-dealkylation sites (N-methyl/N-ethyl adjacent to an activating group) is 1. The van der Waals surface area contributed by atoms with Crippen molar-refractivity contribution in [1.29, 1.82) is 0 Å². The fourth-order valence-electron chi connectivity index (χ4n) is 2.21.